The fourth-order valence-corrected chi connectivity index (χ4v) is 4.97. The molecule has 1 saturated carbocycles. The van der Waals surface area contributed by atoms with Crippen molar-refractivity contribution in [3.8, 4) is 5.69 Å². The molecule has 0 unspecified atom stereocenters. The van der Waals surface area contributed by atoms with E-state index in [-0.39, 0.29) is 5.82 Å². The van der Waals surface area contributed by atoms with Crippen molar-refractivity contribution in [2.75, 3.05) is 32.8 Å². The van der Waals surface area contributed by atoms with Crippen molar-refractivity contribution in [3.05, 3.63) is 47.0 Å². The smallest absolute Gasteiger partial charge is 0.123 e. The molecule has 5 rings (SSSR count). The van der Waals surface area contributed by atoms with Gasteiger partial charge in [0.05, 0.1) is 24.6 Å². The highest BCUT2D eigenvalue weighted by Crippen LogP contribution is 2.38. The summed E-state index contributed by atoms with van der Waals surface area (Å²) in [5, 5.41) is 4.61. The van der Waals surface area contributed by atoms with E-state index in [0.29, 0.717) is 12.1 Å². The number of aromatic nitrogens is 2. The van der Waals surface area contributed by atoms with Crippen LogP contribution in [-0.4, -0.2) is 64.5 Å². The van der Waals surface area contributed by atoms with Crippen LogP contribution >= 0.6 is 0 Å². The first-order valence-corrected chi connectivity index (χ1v) is 10.5. The fraction of sp³-hybridized carbons (Fsp3) is 0.591. The average molecular weight is 384 g/mol. The number of rotatable bonds is 4. The quantitative estimate of drug-likeness (QED) is 0.812. The molecule has 0 spiro atoms. The lowest BCUT2D eigenvalue weighted by molar-refractivity contribution is -0.0880. The van der Waals surface area contributed by atoms with E-state index in [0.717, 1.165) is 67.9 Å². The fourth-order valence-electron chi connectivity index (χ4n) is 4.97. The lowest BCUT2D eigenvalue weighted by atomic mass is 10.0. The molecule has 0 amide bonds. The van der Waals surface area contributed by atoms with Crippen molar-refractivity contribution < 1.29 is 9.13 Å². The SMILES string of the molecule is Cc1cc(C)n(-c2ccc(F)cc2CN2CCN3[C@@H](COC[C@@H]3C3CC3)C2)n1. The van der Waals surface area contributed by atoms with Gasteiger partial charge in [0, 0.05) is 44.0 Å². The summed E-state index contributed by atoms with van der Waals surface area (Å²) >= 11 is 0. The molecule has 2 aromatic rings. The molecule has 1 aromatic heterocycles. The second kappa shape index (κ2) is 7.25. The van der Waals surface area contributed by atoms with Crippen LogP contribution in [-0.2, 0) is 11.3 Å². The molecule has 0 N–H and O–H groups in total. The Bertz CT molecular complexity index is 862. The van der Waals surface area contributed by atoms with Crippen LogP contribution < -0.4 is 0 Å². The number of hydrogen-bond acceptors (Lipinski definition) is 4. The number of benzene rings is 1. The first-order chi connectivity index (χ1) is 13.6. The summed E-state index contributed by atoms with van der Waals surface area (Å²) in [6.45, 7) is 9.57. The molecular weight excluding hydrogens is 355 g/mol. The van der Waals surface area contributed by atoms with Gasteiger partial charge in [-0.2, -0.15) is 5.10 Å². The molecule has 3 fully saturated rings. The molecule has 28 heavy (non-hydrogen) atoms. The summed E-state index contributed by atoms with van der Waals surface area (Å²) in [5.74, 6) is 0.656. The van der Waals surface area contributed by atoms with E-state index in [9.17, 15) is 4.39 Å². The molecule has 0 radical (unpaired) electrons. The zero-order valence-electron chi connectivity index (χ0n) is 16.8. The van der Waals surface area contributed by atoms with Crippen molar-refractivity contribution >= 4 is 0 Å². The van der Waals surface area contributed by atoms with Crippen LogP contribution in [0.4, 0.5) is 4.39 Å². The molecule has 2 aliphatic heterocycles. The standard InChI is InChI=1S/C22H29FN4O/c1-15-9-16(2)27(24-15)21-6-5-19(23)10-18(21)11-25-7-8-26-20(12-25)13-28-14-22(26)17-3-4-17/h5-6,9-10,17,20,22H,3-4,7-8,11-14H2,1-2H3/t20-,22-/m1/s1. The highest BCUT2D eigenvalue weighted by molar-refractivity contribution is 5.42. The van der Waals surface area contributed by atoms with Crippen LogP contribution in [0, 0.1) is 25.6 Å². The second-order valence-electron chi connectivity index (χ2n) is 8.68. The molecule has 0 bridgehead atoms. The van der Waals surface area contributed by atoms with Gasteiger partial charge in [0.25, 0.3) is 0 Å². The molecule has 150 valence electrons. The third-order valence-electron chi connectivity index (χ3n) is 6.48. The lowest BCUT2D eigenvalue weighted by Gasteiger charge is -2.48. The van der Waals surface area contributed by atoms with E-state index in [4.69, 9.17) is 4.74 Å². The maximum atomic E-state index is 14.1. The first kappa shape index (κ1) is 18.3. The average Bonchev–Trinajstić information content (AvgIpc) is 3.46. The molecule has 1 aromatic carbocycles. The third-order valence-corrected chi connectivity index (χ3v) is 6.48. The van der Waals surface area contributed by atoms with Gasteiger partial charge >= 0.3 is 0 Å². The molecule has 5 nitrogen and oxygen atoms in total. The first-order valence-electron chi connectivity index (χ1n) is 10.5. The molecular formula is C22H29FN4O. The van der Waals surface area contributed by atoms with Gasteiger partial charge in [0.1, 0.15) is 5.82 Å². The van der Waals surface area contributed by atoms with E-state index in [1.165, 1.54) is 18.9 Å². The number of piperazine rings is 1. The number of morpholine rings is 1. The number of halogens is 1. The highest BCUT2D eigenvalue weighted by atomic mass is 19.1. The summed E-state index contributed by atoms with van der Waals surface area (Å²) in [6, 6.07) is 8.18. The summed E-state index contributed by atoms with van der Waals surface area (Å²) in [7, 11) is 0. The third kappa shape index (κ3) is 3.49. The number of hydrogen-bond donors (Lipinski definition) is 0. The van der Waals surface area contributed by atoms with Gasteiger partial charge in [-0.05, 0) is 62.4 Å². The highest BCUT2D eigenvalue weighted by Gasteiger charge is 2.42. The Kier molecular flexibility index (Phi) is 4.73. The maximum Gasteiger partial charge on any atom is 0.123 e. The van der Waals surface area contributed by atoms with Gasteiger partial charge in [0.15, 0.2) is 0 Å². The van der Waals surface area contributed by atoms with Crippen LogP contribution in [0.5, 0.6) is 0 Å². The van der Waals surface area contributed by atoms with E-state index >= 15 is 0 Å². The molecule has 6 heteroatoms. The minimum absolute atomic E-state index is 0.186. The van der Waals surface area contributed by atoms with Gasteiger partial charge in [-0.25, -0.2) is 9.07 Å². The van der Waals surface area contributed by atoms with Gasteiger partial charge in [-0.15, -0.1) is 0 Å². The Labute approximate surface area is 166 Å². The monoisotopic (exact) mass is 384 g/mol. The Morgan fingerprint density at radius 1 is 1.14 bits per heavy atom. The number of ether oxygens (including phenoxy) is 1. The number of fused-ring (bicyclic) bond motifs is 1. The Hall–Kier alpha value is -1.76. The normalized spacial score (nSPS) is 26.4. The van der Waals surface area contributed by atoms with E-state index < -0.39 is 0 Å². The number of aryl methyl sites for hydroxylation is 2. The zero-order valence-corrected chi connectivity index (χ0v) is 16.8. The summed E-state index contributed by atoms with van der Waals surface area (Å²) in [4.78, 5) is 5.13. The van der Waals surface area contributed by atoms with Gasteiger partial charge in [0.2, 0.25) is 0 Å². The summed E-state index contributed by atoms with van der Waals surface area (Å²) in [5.41, 5.74) is 4.02. The van der Waals surface area contributed by atoms with E-state index in [2.05, 4.69) is 21.0 Å². The van der Waals surface area contributed by atoms with Crippen LogP contribution in [0.25, 0.3) is 5.69 Å². The summed E-state index contributed by atoms with van der Waals surface area (Å²) < 4.78 is 21.9. The predicted molar refractivity (Wildman–Crippen MR) is 106 cm³/mol. The van der Waals surface area contributed by atoms with Crippen molar-refractivity contribution in [1.29, 1.82) is 0 Å². The van der Waals surface area contributed by atoms with Gasteiger partial charge in [-0.1, -0.05) is 0 Å². The zero-order chi connectivity index (χ0) is 19.3. The van der Waals surface area contributed by atoms with Crippen LogP contribution in [0.15, 0.2) is 24.3 Å². The van der Waals surface area contributed by atoms with Crippen molar-refractivity contribution in [2.24, 2.45) is 5.92 Å². The topological polar surface area (TPSA) is 33.5 Å². The Balaban J connectivity index is 1.35. The van der Waals surface area contributed by atoms with Crippen LogP contribution in [0.2, 0.25) is 0 Å². The largest absolute Gasteiger partial charge is 0.378 e. The summed E-state index contributed by atoms with van der Waals surface area (Å²) in [6.07, 6.45) is 2.71. The lowest BCUT2D eigenvalue weighted by Crippen LogP contribution is -2.62. The van der Waals surface area contributed by atoms with Gasteiger partial charge < -0.3 is 4.74 Å². The maximum absolute atomic E-state index is 14.1. The second-order valence-corrected chi connectivity index (χ2v) is 8.68. The molecule has 2 atom stereocenters. The predicted octanol–water partition coefficient (Wildman–Crippen LogP) is 2.92. The van der Waals surface area contributed by atoms with Crippen LogP contribution in [0.1, 0.15) is 29.8 Å². The van der Waals surface area contributed by atoms with Crippen molar-refractivity contribution in [2.45, 2.75) is 45.3 Å². The molecule has 3 heterocycles. The minimum Gasteiger partial charge on any atom is -0.378 e. The van der Waals surface area contributed by atoms with Crippen molar-refractivity contribution in [3.63, 3.8) is 0 Å². The van der Waals surface area contributed by atoms with Gasteiger partial charge in [-0.3, -0.25) is 9.80 Å². The molecule has 1 aliphatic carbocycles. The van der Waals surface area contributed by atoms with E-state index in [1.54, 1.807) is 6.07 Å². The van der Waals surface area contributed by atoms with E-state index in [1.807, 2.05) is 24.6 Å². The molecule has 2 saturated heterocycles. The Morgan fingerprint density at radius 3 is 2.75 bits per heavy atom. The Morgan fingerprint density at radius 2 is 2.00 bits per heavy atom. The van der Waals surface area contributed by atoms with Crippen molar-refractivity contribution in [1.82, 2.24) is 19.6 Å². The molecule has 3 aliphatic rings. The number of nitrogens with zero attached hydrogens (tertiary/aromatic N) is 4. The minimum atomic E-state index is -0.186. The van der Waals surface area contributed by atoms with Crippen LogP contribution in [0.3, 0.4) is 0 Å².